The first-order valence-electron chi connectivity index (χ1n) is 5.49. The fourth-order valence-electron chi connectivity index (χ4n) is 1.19. The van der Waals surface area contributed by atoms with Gasteiger partial charge in [-0.3, -0.25) is 0 Å². The molecule has 74 valence electrons. The molecule has 2 heteroatoms. The second kappa shape index (κ2) is 11.2. The summed E-state index contributed by atoms with van der Waals surface area (Å²) >= 11 is 0. The van der Waals surface area contributed by atoms with Crippen molar-refractivity contribution in [3.05, 3.63) is 0 Å². The van der Waals surface area contributed by atoms with Crippen LogP contribution in [-0.2, 0) is 4.43 Å². The summed E-state index contributed by atoms with van der Waals surface area (Å²) in [7, 11) is -0.137. The van der Waals surface area contributed by atoms with E-state index in [0.29, 0.717) is 0 Å². The maximum absolute atomic E-state index is 5.62. The van der Waals surface area contributed by atoms with E-state index in [1.165, 1.54) is 44.6 Å². The van der Waals surface area contributed by atoms with Crippen LogP contribution in [0.25, 0.3) is 0 Å². The van der Waals surface area contributed by atoms with Crippen LogP contribution in [0.2, 0.25) is 6.04 Å². The largest absolute Gasteiger partial charge is 0.424 e. The Bertz CT molecular complexity index is 66.2. The molecule has 0 amide bonds. The van der Waals surface area contributed by atoms with Crippen molar-refractivity contribution in [1.29, 1.82) is 0 Å². The first-order chi connectivity index (χ1) is 5.91. The zero-order chi connectivity index (χ0) is 9.07. The summed E-state index contributed by atoms with van der Waals surface area (Å²) in [6.07, 6.45) is 8.05. The van der Waals surface area contributed by atoms with Gasteiger partial charge in [-0.15, -0.1) is 0 Å². The van der Waals surface area contributed by atoms with Crippen LogP contribution in [0.5, 0.6) is 0 Å². The SMILES string of the molecule is CCCCCO[SiH2]CCCCC. The Morgan fingerprint density at radius 2 is 1.58 bits per heavy atom. The molecule has 0 saturated carbocycles. The molecule has 0 fully saturated rings. The van der Waals surface area contributed by atoms with Gasteiger partial charge < -0.3 is 4.43 Å². The second-order valence-electron chi connectivity index (χ2n) is 3.38. The summed E-state index contributed by atoms with van der Waals surface area (Å²) in [4.78, 5) is 0. The molecule has 12 heavy (non-hydrogen) atoms. The minimum Gasteiger partial charge on any atom is -0.424 e. The first kappa shape index (κ1) is 12.2. The molecular weight excluding hydrogens is 164 g/mol. The lowest BCUT2D eigenvalue weighted by Gasteiger charge is -2.02. The molecule has 0 aliphatic rings. The zero-order valence-electron chi connectivity index (χ0n) is 8.77. The Morgan fingerprint density at radius 1 is 0.917 bits per heavy atom. The lowest BCUT2D eigenvalue weighted by molar-refractivity contribution is 0.321. The Hall–Kier alpha value is 0.177. The molecule has 0 aliphatic carbocycles. The van der Waals surface area contributed by atoms with Gasteiger partial charge in [0.2, 0.25) is 0 Å². The highest BCUT2D eigenvalue weighted by Gasteiger charge is 1.90. The summed E-state index contributed by atoms with van der Waals surface area (Å²) in [5.41, 5.74) is 0. The van der Waals surface area contributed by atoms with Gasteiger partial charge in [-0.25, -0.2) is 0 Å². The van der Waals surface area contributed by atoms with Crippen molar-refractivity contribution < 1.29 is 4.43 Å². The fraction of sp³-hybridized carbons (Fsp3) is 1.00. The molecule has 0 aromatic carbocycles. The molecular formula is C10H24OSi. The maximum Gasteiger partial charge on any atom is 0.161 e. The Morgan fingerprint density at radius 3 is 2.25 bits per heavy atom. The van der Waals surface area contributed by atoms with Crippen LogP contribution in [-0.4, -0.2) is 16.4 Å². The van der Waals surface area contributed by atoms with Gasteiger partial charge in [0.05, 0.1) is 0 Å². The molecule has 0 bridgehead atoms. The quantitative estimate of drug-likeness (QED) is 0.399. The van der Waals surface area contributed by atoms with Crippen molar-refractivity contribution in [2.75, 3.05) is 6.61 Å². The molecule has 0 spiro atoms. The maximum atomic E-state index is 5.62. The second-order valence-corrected chi connectivity index (χ2v) is 4.90. The van der Waals surface area contributed by atoms with E-state index in [-0.39, 0.29) is 9.76 Å². The van der Waals surface area contributed by atoms with Crippen LogP contribution in [0.1, 0.15) is 52.4 Å². The number of unbranched alkanes of at least 4 members (excludes halogenated alkanes) is 4. The molecule has 0 saturated heterocycles. The number of hydrogen-bond donors (Lipinski definition) is 0. The van der Waals surface area contributed by atoms with Crippen LogP contribution in [0.3, 0.4) is 0 Å². The summed E-state index contributed by atoms with van der Waals surface area (Å²) in [6.45, 7) is 5.52. The highest BCUT2D eigenvalue weighted by molar-refractivity contribution is 6.26. The molecule has 0 aromatic heterocycles. The third kappa shape index (κ3) is 10.2. The molecule has 0 N–H and O–H groups in total. The van der Waals surface area contributed by atoms with Gasteiger partial charge in [-0.05, 0) is 12.5 Å². The van der Waals surface area contributed by atoms with Gasteiger partial charge in [0.25, 0.3) is 0 Å². The van der Waals surface area contributed by atoms with E-state index in [4.69, 9.17) is 4.43 Å². The van der Waals surface area contributed by atoms with Gasteiger partial charge >= 0.3 is 0 Å². The first-order valence-corrected chi connectivity index (χ1v) is 7.07. The highest BCUT2D eigenvalue weighted by atomic mass is 28.2. The van der Waals surface area contributed by atoms with Gasteiger partial charge in [0.15, 0.2) is 9.76 Å². The molecule has 0 rings (SSSR count). The van der Waals surface area contributed by atoms with E-state index < -0.39 is 0 Å². The van der Waals surface area contributed by atoms with E-state index in [9.17, 15) is 0 Å². The van der Waals surface area contributed by atoms with Crippen molar-refractivity contribution in [2.45, 2.75) is 58.4 Å². The van der Waals surface area contributed by atoms with E-state index in [1.54, 1.807) is 0 Å². The highest BCUT2D eigenvalue weighted by Crippen LogP contribution is 1.99. The molecule has 0 radical (unpaired) electrons. The van der Waals surface area contributed by atoms with Crippen molar-refractivity contribution in [2.24, 2.45) is 0 Å². The van der Waals surface area contributed by atoms with Gasteiger partial charge in [-0.2, -0.15) is 0 Å². The van der Waals surface area contributed by atoms with Gasteiger partial charge in [0.1, 0.15) is 0 Å². The van der Waals surface area contributed by atoms with Crippen molar-refractivity contribution in [3.63, 3.8) is 0 Å². The minimum atomic E-state index is -0.137. The summed E-state index contributed by atoms with van der Waals surface area (Å²) in [5, 5.41) is 0. The Balaban J connectivity index is 2.73. The van der Waals surface area contributed by atoms with Gasteiger partial charge in [-0.1, -0.05) is 46.0 Å². The molecule has 0 atom stereocenters. The van der Waals surface area contributed by atoms with Crippen molar-refractivity contribution in [3.8, 4) is 0 Å². The average molecular weight is 188 g/mol. The Labute approximate surface area is 79.8 Å². The van der Waals surface area contributed by atoms with Crippen LogP contribution >= 0.6 is 0 Å². The lowest BCUT2D eigenvalue weighted by atomic mass is 10.3. The monoisotopic (exact) mass is 188 g/mol. The molecule has 0 heterocycles. The smallest absolute Gasteiger partial charge is 0.161 e. The third-order valence-corrected chi connectivity index (χ3v) is 3.40. The van der Waals surface area contributed by atoms with Crippen LogP contribution in [0.4, 0.5) is 0 Å². The predicted octanol–water partition coefficient (Wildman–Crippen LogP) is 2.89. The number of hydrogen-bond acceptors (Lipinski definition) is 1. The third-order valence-electron chi connectivity index (χ3n) is 2.03. The van der Waals surface area contributed by atoms with Crippen LogP contribution < -0.4 is 0 Å². The normalized spacial score (nSPS) is 11.5. The van der Waals surface area contributed by atoms with Crippen LogP contribution in [0.15, 0.2) is 0 Å². The molecule has 1 nitrogen and oxygen atoms in total. The summed E-state index contributed by atoms with van der Waals surface area (Å²) in [6, 6.07) is 1.39. The predicted molar refractivity (Wildman–Crippen MR) is 58.4 cm³/mol. The van der Waals surface area contributed by atoms with E-state index >= 15 is 0 Å². The topological polar surface area (TPSA) is 9.23 Å². The van der Waals surface area contributed by atoms with E-state index in [2.05, 4.69) is 13.8 Å². The minimum absolute atomic E-state index is 0.137. The Kier molecular flexibility index (Phi) is 11.3. The fourth-order valence-corrected chi connectivity index (χ4v) is 2.36. The van der Waals surface area contributed by atoms with Gasteiger partial charge in [0, 0.05) is 6.61 Å². The summed E-state index contributed by atoms with van der Waals surface area (Å²) < 4.78 is 5.62. The van der Waals surface area contributed by atoms with Crippen molar-refractivity contribution in [1.82, 2.24) is 0 Å². The molecule has 0 aromatic rings. The van der Waals surface area contributed by atoms with Crippen molar-refractivity contribution >= 4 is 9.76 Å². The standard InChI is InChI=1S/C10H24OSi/c1-3-5-7-9-11-12-10-8-6-4-2/h3-10,12H2,1-2H3. The molecule has 0 unspecified atom stereocenters. The van der Waals surface area contributed by atoms with E-state index in [0.717, 1.165) is 6.61 Å². The zero-order valence-corrected chi connectivity index (χ0v) is 10.2. The van der Waals surface area contributed by atoms with E-state index in [1.807, 2.05) is 0 Å². The average Bonchev–Trinajstić information content (AvgIpc) is 2.10. The van der Waals surface area contributed by atoms with Crippen LogP contribution in [0, 0.1) is 0 Å². The molecule has 0 aliphatic heterocycles. The number of rotatable bonds is 9. The lowest BCUT2D eigenvalue weighted by Crippen LogP contribution is -1.99. The summed E-state index contributed by atoms with van der Waals surface area (Å²) in [5.74, 6) is 0.